The summed E-state index contributed by atoms with van der Waals surface area (Å²) in [6.07, 6.45) is 0. The number of fused-ring (bicyclic) bond motifs is 9. The highest BCUT2D eigenvalue weighted by Crippen LogP contribution is 2.49. The minimum atomic E-state index is -0.0577. The van der Waals surface area contributed by atoms with Crippen LogP contribution in [-0.2, 0) is 5.41 Å². The summed E-state index contributed by atoms with van der Waals surface area (Å²) in [7, 11) is 0. The molecule has 1 aliphatic carbocycles. The van der Waals surface area contributed by atoms with Gasteiger partial charge in [-0.3, -0.25) is 0 Å². The minimum absolute atomic E-state index is 0.0577. The summed E-state index contributed by atoms with van der Waals surface area (Å²) in [5, 5.41) is 4.44. The summed E-state index contributed by atoms with van der Waals surface area (Å²) in [5.74, 6) is 0. The number of aromatic nitrogens is 2. The molecular formula is C45H30N2O. The fourth-order valence-electron chi connectivity index (χ4n) is 7.69. The van der Waals surface area contributed by atoms with E-state index in [1.807, 2.05) is 12.1 Å². The summed E-state index contributed by atoms with van der Waals surface area (Å²) in [6, 6.07) is 51.8. The number of benzene rings is 6. The van der Waals surface area contributed by atoms with Crippen LogP contribution < -0.4 is 0 Å². The standard InChI is InChI=1S/C45H30N2O/c1-45(2)37-9-5-3-7-33(37)34-21-17-32(26-38(34)45)40-23-19-30-16-15-29-18-22-39(46-43(29)44(30)47-40)28-13-11-27(12-14-28)31-20-24-42-36(25-31)35-8-4-6-10-41(35)48-42/h3-26H,1-2H3. The minimum Gasteiger partial charge on any atom is -0.456 e. The van der Waals surface area contributed by atoms with E-state index in [0.29, 0.717) is 0 Å². The molecule has 6 aromatic carbocycles. The molecule has 0 N–H and O–H groups in total. The summed E-state index contributed by atoms with van der Waals surface area (Å²) >= 11 is 0. The average molecular weight is 615 g/mol. The van der Waals surface area contributed by atoms with Crippen molar-refractivity contribution >= 4 is 43.7 Å². The van der Waals surface area contributed by atoms with Gasteiger partial charge in [-0.15, -0.1) is 0 Å². The molecule has 3 heterocycles. The fourth-order valence-corrected chi connectivity index (χ4v) is 7.69. The summed E-state index contributed by atoms with van der Waals surface area (Å²) in [5.41, 5.74) is 15.4. The molecule has 48 heavy (non-hydrogen) atoms. The predicted octanol–water partition coefficient (Wildman–Crippen LogP) is 12.0. The summed E-state index contributed by atoms with van der Waals surface area (Å²) in [4.78, 5) is 10.5. The van der Waals surface area contributed by atoms with Gasteiger partial charge >= 0.3 is 0 Å². The number of para-hydroxylation sites is 1. The number of nitrogens with zero attached hydrogens (tertiary/aromatic N) is 2. The van der Waals surface area contributed by atoms with Crippen molar-refractivity contribution in [3.05, 3.63) is 157 Å². The van der Waals surface area contributed by atoms with Gasteiger partial charge in [0.15, 0.2) is 0 Å². The molecule has 0 amide bonds. The largest absolute Gasteiger partial charge is 0.456 e. The average Bonchev–Trinajstić information content (AvgIpc) is 3.62. The Morgan fingerprint density at radius 1 is 0.438 bits per heavy atom. The quantitative estimate of drug-likeness (QED) is 0.186. The third kappa shape index (κ3) is 4.01. The smallest absolute Gasteiger partial charge is 0.135 e. The van der Waals surface area contributed by atoms with Gasteiger partial charge in [-0.25, -0.2) is 9.97 Å². The maximum atomic E-state index is 6.04. The van der Waals surface area contributed by atoms with Crippen molar-refractivity contribution in [2.24, 2.45) is 0 Å². The maximum Gasteiger partial charge on any atom is 0.135 e. The van der Waals surface area contributed by atoms with Gasteiger partial charge in [0.25, 0.3) is 0 Å². The van der Waals surface area contributed by atoms with Crippen LogP contribution in [0.1, 0.15) is 25.0 Å². The molecular weight excluding hydrogens is 585 g/mol. The van der Waals surface area contributed by atoms with Gasteiger partial charge in [0, 0.05) is 38.1 Å². The molecule has 226 valence electrons. The molecule has 0 atom stereocenters. The molecule has 0 spiro atoms. The molecule has 1 aliphatic rings. The third-order valence-electron chi connectivity index (χ3n) is 10.3. The van der Waals surface area contributed by atoms with E-state index in [0.717, 1.165) is 77.4 Å². The second-order valence-electron chi connectivity index (χ2n) is 13.4. The van der Waals surface area contributed by atoms with E-state index in [2.05, 4.69) is 147 Å². The van der Waals surface area contributed by atoms with E-state index in [4.69, 9.17) is 14.4 Å². The molecule has 10 rings (SSSR count). The van der Waals surface area contributed by atoms with Crippen molar-refractivity contribution in [2.75, 3.05) is 0 Å². The van der Waals surface area contributed by atoms with Crippen LogP contribution in [0.5, 0.6) is 0 Å². The normalized spacial score (nSPS) is 13.4. The lowest BCUT2D eigenvalue weighted by Crippen LogP contribution is -2.14. The number of furan rings is 1. The zero-order chi connectivity index (χ0) is 32.0. The fraction of sp³-hybridized carbons (Fsp3) is 0.0667. The Morgan fingerprint density at radius 3 is 1.81 bits per heavy atom. The van der Waals surface area contributed by atoms with Crippen LogP contribution >= 0.6 is 0 Å². The Balaban J connectivity index is 1.03. The van der Waals surface area contributed by atoms with E-state index in [1.165, 1.54) is 22.3 Å². The molecule has 0 saturated carbocycles. The molecule has 3 aromatic heterocycles. The first-order chi connectivity index (χ1) is 23.5. The zero-order valence-corrected chi connectivity index (χ0v) is 26.7. The van der Waals surface area contributed by atoms with Crippen molar-refractivity contribution in [3.63, 3.8) is 0 Å². The van der Waals surface area contributed by atoms with E-state index in [9.17, 15) is 0 Å². The van der Waals surface area contributed by atoms with Gasteiger partial charge in [0.1, 0.15) is 11.2 Å². The molecule has 0 saturated heterocycles. The monoisotopic (exact) mass is 614 g/mol. The van der Waals surface area contributed by atoms with Gasteiger partial charge in [-0.2, -0.15) is 0 Å². The maximum absolute atomic E-state index is 6.04. The van der Waals surface area contributed by atoms with Crippen molar-refractivity contribution < 1.29 is 4.42 Å². The first kappa shape index (κ1) is 27.1. The lowest BCUT2D eigenvalue weighted by molar-refractivity contribution is 0.660. The number of hydrogen-bond acceptors (Lipinski definition) is 3. The Labute approximate surface area is 278 Å². The van der Waals surface area contributed by atoms with Crippen LogP contribution in [0.4, 0.5) is 0 Å². The molecule has 3 heteroatoms. The van der Waals surface area contributed by atoms with Crippen molar-refractivity contribution in [1.82, 2.24) is 9.97 Å². The molecule has 0 fully saturated rings. The number of rotatable bonds is 3. The Bertz CT molecular complexity index is 2750. The molecule has 0 aliphatic heterocycles. The molecule has 0 radical (unpaired) electrons. The lowest BCUT2D eigenvalue weighted by Gasteiger charge is -2.21. The van der Waals surface area contributed by atoms with E-state index in [-0.39, 0.29) is 5.41 Å². The van der Waals surface area contributed by atoms with Gasteiger partial charge in [-0.1, -0.05) is 123 Å². The SMILES string of the molecule is CC1(C)c2ccccc2-c2ccc(-c3ccc4ccc5ccc(-c6ccc(-c7ccc8oc9ccccc9c8c7)cc6)nc5c4n3)cc21. The first-order valence-electron chi connectivity index (χ1n) is 16.5. The van der Waals surface area contributed by atoms with Crippen LogP contribution in [-0.4, -0.2) is 9.97 Å². The van der Waals surface area contributed by atoms with Gasteiger partial charge in [0.05, 0.1) is 22.4 Å². The Kier molecular flexibility index (Phi) is 5.63. The molecule has 0 unspecified atom stereocenters. The van der Waals surface area contributed by atoms with Crippen LogP contribution in [0.2, 0.25) is 0 Å². The second kappa shape index (κ2) is 9.97. The number of pyridine rings is 2. The van der Waals surface area contributed by atoms with E-state index >= 15 is 0 Å². The summed E-state index contributed by atoms with van der Waals surface area (Å²) < 4.78 is 6.04. The lowest BCUT2D eigenvalue weighted by atomic mass is 9.82. The van der Waals surface area contributed by atoms with Crippen molar-refractivity contribution in [1.29, 1.82) is 0 Å². The molecule has 0 bridgehead atoms. The topological polar surface area (TPSA) is 38.9 Å². The number of hydrogen-bond donors (Lipinski definition) is 0. The van der Waals surface area contributed by atoms with Crippen LogP contribution in [0.25, 0.3) is 88.5 Å². The van der Waals surface area contributed by atoms with Crippen LogP contribution in [0.15, 0.2) is 150 Å². The van der Waals surface area contributed by atoms with Crippen molar-refractivity contribution in [3.8, 4) is 44.8 Å². The highest BCUT2D eigenvalue weighted by molar-refractivity contribution is 6.06. The zero-order valence-electron chi connectivity index (χ0n) is 26.7. The second-order valence-corrected chi connectivity index (χ2v) is 13.4. The molecule has 3 nitrogen and oxygen atoms in total. The predicted molar refractivity (Wildman–Crippen MR) is 198 cm³/mol. The van der Waals surface area contributed by atoms with E-state index in [1.54, 1.807) is 0 Å². The summed E-state index contributed by atoms with van der Waals surface area (Å²) in [6.45, 7) is 4.64. The Morgan fingerprint density at radius 2 is 1.02 bits per heavy atom. The highest BCUT2D eigenvalue weighted by Gasteiger charge is 2.35. The Hall–Kier alpha value is -6.06. The highest BCUT2D eigenvalue weighted by atomic mass is 16.3. The van der Waals surface area contributed by atoms with Gasteiger partial charge in [-0.05, 0) is 69.8 Å². The van der Waals surface area contributed by atoms with Crippen molar-refractivity contribution in [2.45, 2.75) is 19.3 Å². The van der Waals surface area contributed by atoms with Gasteiger partial charge in [0.2, 0.25) is 0 Å². The molecule has 9 aromatic rings. The first-order valence-corrected chi connectivity index (χ1v) is 16.5. The van der Waals surface area contributed by atoms with Crippen LogP contribution in [0, 0.1) is 0 Å². The van der Waals surface area contributed by atoms with Gasteiger partial charge < -0.3 is 4.42 Å². The van der Waals surface area contributed by atoms with Crippen LogP contribution in [0.3, 0.4) is 0 Å². The van der Waals surface area contributed by atoms with E-state index < -0.39 is 0 Å². The third-order valence-corrected chi connectivity index (χ3v) is 10.3.